The largest absolute Gasteiger partial charge is 0.327 e. The number of hydrogen-bond donors (Lipinski definition) is 1. The van der Waals surface area contributed by atoms with Crippen molar-refractivity contribution in [1.82, 2.24) is 0 Å². The molecule has 0 amide bonds. The second-order valence-electron chi connectivity index (χ2n) is 8.33. The van der Waals surface area contributed by atoms with Crippen LogP contribution in [0.4, 0.5) is 0 Å². The normalized spacial score (nSPS) is 39.2. The lowest BCUT2D eigenvalue weighted by molar-refractivity contribution is 0.0371. The predicted molar refractivity (Wildman–Crippen MR) is 88.9 cm³/mol. The Labute approximate surface area is 131 Å². The molecule has 2 saturated carbocycles. The molecule has 0 radical (unpaired) electrons. The van der Waals surface area contributed by atoms with Crippen LogP contribution in [0.25, 0.3) is 0 Å². The standard InChI is InChI=1S/C17H33NO2S/c1-12-8-9-15(16(18)10-12)17(2,3)13-6-5-7-14(11-13)21(4,19)20/h12-16H,5-11,18H2,1-4H3. The summed E-state index contributed by atoms with van der Waals surface area (Å²) in [6.07, 6.45) is 8.89. The Morgan fingerprint density at radius 3 is 2.29 bits per heavy atom. The molecule has 2 aliphatic rings. The highest BCUT2D eigenvalue weighted by Crippen LogP contribution is 2.49. The van der Waals surface area contributed by atoms with Gasteiger partial charge in [0.05, 0.1) is 5.25 Å². The number of rotatable bonds is 3. The highest BCUT2D eigenvalue weighted by atomic mass is 32.2. The summed E-state index contributed by atoms with van der Waals surface area (Å²) in [5, 5.41) is -0.130. The smallest absolute Gasteiger partial charge is 0.150 e. The highest BCUT2D eigenvalue weighted by Gasteiger charge is 2.44. The van der Waals surface area contributed by atoms with Gasteiger partial charge in [0.1, 0.15) is 9.84 Å². The molecule has 21 heavy (non-hydrogen) atoms. The van der Waals surface area contributed by atoms with Crippen LogP contribution in [-0.2, 0) is 9.84 Å². The van der Waals surface area contributed by atoms with E-state index in [1.54, 1.807) is 0 Å². The molecule has 4 heteroatoms. The molecule has 2 fully saturated rings. The van der Waals surface area contributed by atoms with Crippen molar-refractivity contribution < 1.29 is 8.42 Å². The van der Waals surface area contributed by atoms with Crippen molar-refractivity contribution in [3.05, 3.63) is 0 Å². The van der Waals surface area contributed by atoms with Gasteiger partial charge in [-0.1, -0.05) is 33.6 Å². The van der Waals surface area contributed by atoms with Crippen LogP contribution in [0.15, 0.2) is 0 Å². The van der Waals surface area contributed by atoms with Gasteiger partial charge in [-0.05, 0) is 55.3 Å². The van der Waals surface area contributed by atoms with E-state index in [1.807, 2.05) is 0 Å². The average molecular weight is 316 g/mol. The maximum atomic E-state index is 11.9. The summed E-state index contributed by atoms with van der Waals surface area (Å²) in [5.74, 6) is 1.77. The van der Waals surface area contributed by atoms with E-state index in [4.69, 9.17) is 5.73 Å². The van der Waals surface area contributed by atoms with E-state index < -0.39 is 9.84 Å². The highest BCUT2D eigenvalue weighted by molar-refractivity contribution is 7.91. The fourth-order valence-electron chi connectivity index (χ4n) is 4.86. The van der Waals surface area contributed by atoms with E-state index in [-0.39, 0.29) is 16.7 Å². The maximum absolute atomic E-state index is 11.9. The monoisotopic (exact) mass is 315 g/mol. The molecule has 0 aromatic carbocycles. The minimum absolute atomic E-state index is 0.130. The fourth-order valence-corrected chi connectivity index (χ4v) is 6.04. The molecule has 124 valence electrons. The zero-order chi connectivity index (χ0) is 15.8. The van der Waals surface area contributed by atoms with E-state index in [2.05, 4.69) is 20.8 Å². The van der Waals surface area contributed by atoms with Crippen molar-refractivity contribution >= 4 is 9.84 Å². The molecule has 5 atom stereocenters. The SMILES string of the molecule is CC1CCC(C(C)(C)C2CCCC(S(C)(=O)=O)C2)C(N)C1. The molecule has 3 nitrogen and oxygen atoms in total. The Kier molecular flexibility index (Phi) is 5.09. The van der Waals surface area contributed by atoms with Crippen molar-refractivity contribution in [2.45, 2.75) is 77.0 Å². The Balaban J connectivity index is 2.11. The number of sulfone groups is 1. The molecule has 2 N–H and O–H groups in total. The summed E-state index contributed by atoms with van der Waals surface area (Å²) in [5.41, 5.74) is 6.62. The molecule has 0 aromatic heterocycles. The number of hydrogen-bond acceptors (Lipinski definition) is 3. The number of nitrogens with two attached hydrogens (primary N) is 1. The third-order valence-corrected chi connectivity index (χ3v) is 8.04. The first kappa shape index (κ1) is 17.3. The lowest BCUT2D eigenvalue weighted by Crippen LogP contribution is -2.48. The van der Waals surface area contributed by atoms with Gasteiger partial charge in [0.2, 0.25) is 0 Å². The second kappa shape index (κ2) is 6.19. The quantitative estimate of drug-likeness (QED) is 0.868. The minimum atomic E-state index is -2.90. The molecule has 2 aliphatic carbocycles. The lowest BCUT2D eigenvalue weighted by atomic mass is 9.58. The minimum Gasteiger partial charge on any atom is -0.327 e. The van der Waals surface area contributed by atoms with Crippen LogP contribution in [-0.4, -0.2) is 26.0 Å². The topological polar surface area (TPSA) is 60.2 Å². The summed E-state index contributed by atoms with van der Waals surface area (Å²) >= 11 is 0. The van der Waals surface area contributed by atoms with Crippen molar-refractivity contribution in [2.75, 3.05) is 6.26 Å². The van der Waals surface area contributed by atoms with Crippen LogP contribution in [0.3, 0.4) is 0 Å². The zero-order valence-electron chi connectivity index (χ0n) is 14.1. The molecule has 0 aromatic rings. The first-order valence-corrected chi connectivity index (χ1v) is 10.5. The zero-order valence-corrected chi connectivity index (χ0v) is 15.0. The lowest BCUT2D eigenvalue weighted by Gasteiger charge is -2.49. The van der Waals surface area contributed by atoms with E-state index in [0.717, 1.165) is 38.0 Å². The van der Waals surface area contributed by atoms with E-state index in [1.165, 1.54) is 19.1 Å². The molecule has 0 bridgehead atoms. The van der Waals surface area contributed by atoms with E-state index in [0.29, 0.717) is 11.8 Å². The summed E-state index contributed by atoms with van der Waals surface area (Å²) in [6, 6.07) is 0.280. The molecule has 0 aliphatic heterocycles. The predicted octanol–water partition coefficient (Wildman–Crippen LogP) is 3.38. The summed E-state index contributed by atoms with van der Waals surface area (Å²) in [7, 11) is -2.90. The Hall–Kier alpha value is -0.0900. The first-order valence-electron chi connectivity index (χ1n) is 8.56. The van der Waals surface area contributed by atoms with Gasteiger partial charge in [-0.3, -0.25) is 0 Å². The molecule has 2 rings (SSSR count). The van der Waals surface area contributed by atoms with Gasteiger partial charge in [0.25, 0.3) is 0 Å². The van der Waals surface area contributed by atoms with Crippen LogP contribution >= 0.6 is 0 Å². The van der Waals surface area contributed by atoms with Crippen LogP contribution in [0, 0.1) is 23.2 Å². The summed E-state index contributed by atoms with van der Waals surface area (Å²) in [6.45, 7) is 6.97. The second-order valence-corrected chi connectivity index (χ2v) is 10.7. The van der Waals surface area contributed by atoms with Gasteiger partial charge in [-0.2, -0.15) is 0 Å². The maximum Gasteiger partial charge on any atom is 0.150 e. The van der Waals surface area contributed by atoms with Gasteiger partial charge < -0.3 is 5.73 Å². The Morgan fingerprint density at radius 2 is 1.71 bits per heavy atom. The van der Waals surface area contributed by atoms with Crippen molar-refractivity contribution in [3.63, 3.8) is 0 Å². The van der Waals surface area contributed by atoms with Gasteiger partial charge in [-0.15, -0.1) is 0 Å². The van der Waals surface area contributed by atoms with Crippen molar-refractivity contribution in [1.29, 1.82) is 0 Å². The Bertz CT molecular complexity index is 457. The Morgan fingerprint density at radius 1 is 1.05 bits per heavy atom. The third kappa shape index (κ3) is 3.82. The average Bonchev–Trinajstić information content (AvgIpc) is 2.37. The van der Waals surface area contributed by atoms with Crippen LogP contribution in [0.1, 0.15) is 65.7 Å². The first-order chi connectivity index (χ1) is 9.62. The summed E-state index contributed by atoms with van der Waals surface area (Å²) in [4.78, 5) is 0. The van der Waals surface area contributed by atoms with Gasteiger partial charge in [0, 0.05) is 12.3 Å². The van der Waals surface area contributed by atoms with Gasteiger partial charge >= 0.3 is 0 Å². The van der Waals surface area contributed by atoms with Gasteiger partial charge in [-0.25, -0.2) is 8.42 Å². The van der Waals surface area contributed by atoms with Gasteiger partial charge in [0.15, 0.2) is 0 Å². The van der Waals surface area contributed by atoms with Crippen molar-refractivity contribution in [3.8, 4) is 0 Å². The summed E-state index contributed by atoms with van der Waals surface area (Å²) < 4.78 is 23.8. The molecule has 0 heterocycles. The van der Waals surface area contributed by atoms with E-state index >= 15 is 0 Å². The molecular formula is C17H33NO2S. The third-order valence-electron chi connectivity index (χ3n) is 6.40. The molecule has 5 unspecified atom stereocenters. The van der Waals surface area contributed by atoms with E-state index in [9.17, 15) is 8.42 Å². The molecule has 0 saturated heterocycles. The van der Waals surface area contributed by atoms with Crippen molar-refractivity contribution in [2.24, 2.45) is 28.9 Å². The molecule has 0 spiro atoms. The van der Waals surface area contributed by atoms with Crippen LogP contribution in [0.2, 0.25) is 0 Å². The fraction of sp³-hybridized carbons (Fsp3) is 1.00. The van der Waals surface area contributed by atoms with Crippen LogP contribution < -0.4 is 5.73 Å². The van der Waals surface area contributed by atoms with Crippen LogP contribution in [0.5, 0.6) is 0 Å². The molecular weight excluding hydrogens is 282 g/mol.